The Morgan fingerprint density at radius 3 is 2.92 bits per heavy atom. The van der Waals surface area contributed by atoms with Gasteiger partial charge in [-0.2, -0.15) is 4.98 Å². The lowest BCUT2D eigenvalue weighted by atomic mass is 9.73. The fourth-order valence-corrected chi connectivity index (χ4v) is 4.10. The third kappa shape index (κ3) is 4.03. The molecule has 2 aliphatic heterocycles. The summed E-state index contributed by atoms with van der Waals surface area (Å²) in [6.07, 6.45) is 4.42. The molecular weight excluding hydrogens is 318 g/mol. The number of aromatic nitrogens is 2. The van der Waals surface area contributed by atoms with Gasteiger partial charge in [-0.25, -0.2) is 4.98 Å². The number of nitrogens with one attached hydrogen (secondary N) is 1. The number of piperidine rings is 2. The van der Waals surface area contributed by atoms with Crippen LogP contribution < -0.4 is 10.2 Å². The molecule has 7 nitrogen and oxygen atoms in total. The van der Waals surface area contributed by atoms with E-state index >= 15 is 0 Å². The number of rotatable bonds is 5. The van der Waals surface area contributed by atoms with Gasteiger partial charge < -0.3 is 20.2 Å². The number of hydrogen-bond donors (Lipinski definition) is 2. The molecule has 2 N–H and O–H groups in total. The van der Waals surface area contributed by atoms with Crippen molar-refractivity contribution >= 4 is 17.7 Å². The second-order valence-electron chi connectivity index (χ2n) is 7.36. The summed E-state index contributed by atoms with van der Waals surface area (Å²) in [6, 6.07) is 1.94. The minimum Gasteiger partial charge on any atom is -0.396 e. The maximum atomic E-state index is 12.2. The van der Waals surface area contributed by atoms with Gasteiger partial charge >= 0.3 is 0 Å². The Labute approximate surface area is 149 Å². The topological polar surface area (TPSA) is 81.6 Å². The average molecular weight is 347 g/mol. The van der Waals surface area contributed by atoms with Crippen molar-refractivity contribution in [1.82, 2.24) is 14.9 Å². The van der Waals surface area contributed by atoms with Crippen LogP contribution in [0.1, 0.15) is 37.8 Å². The number of carbonyl (C=O) groups is 1. The number of nitrogens with zero attached hydrogens (tertiary/aromatic N) is 4. The Bertz CT molecular complexity index is 623. The second-order valence-corrected chi connectivity index (χ2v) is 7.36. The van der Waals surface area contributed by atoms with Gasteiger partial charge in [-0.3, -0.25) is 4.79 Å². The molecule has 0 bridgehead atoms. The number of aliphatic hydroxyl groups is 1. The Balaban J connectivity index is 1.76. The summed E-state index contributed by atoms with van der Waals surface area (Å²) >= 11 is 0. The lowest BCUT2D eigenvalue weighted by Crippen LogP contribution is -2.54. The maximum absolute atomic E-state index is 12.2. The van der Waals surface area contributed by atoms with Crippen molar-refractivity contribution in [3.8, 4) is 0 Å². The molecular formula is C18H29N5O2. The first-order chi connectivity index (χ1) is 12.0. The van der Waals surface area contributed by atoms with E-state index in [1.54, 1.807) is 0 Å². The summed E-state index contributed by atoms with van der Waals surface area (Å²) in [5.41, 5.74) is 1.08. The van der Waals surface area contributed by atoms with Gasteiger partial charge in [-0.1, -0.05) is 0 Å². The van der Waals surface area contributed by atoms with Crippen LogP contribution in [0.15, 0.2) is 6.07 Å². The Hall–Kier alpha value is -1.89. The Morgan fingerprint density at radius 1 is 1.32 bits per heavy atom. The van der Waals surface area contributed by atoms with Crippen LogP contribution in [-0.2, 0) is 4.79 Å². The number of aliphatic hydroxyl groups excluding tert-OH is 1. The molecule has 25 heavy (non-hydrogen) atoms. The van der Waals surface area contributed by atoms with Crippen LogP contribution >= 0.6 is 0 Å². The smallest absolute Gasteiger partial charge is 0.227 e. The van der Waals surface area contributed by atoms with E-state index in [-0.39, 0.29) is 17.9 Å². The van der Waals surface area contributed by atoms with E-state index in [0.29, 0.717) is 19.4 Å². The molecule has 1 aromatic heterocycles. The van der Waals surface area contributed by atoms with Crippen LogP contribution in [0.2, 0.25) is 0 Å². The molecule has 1 spiro atoms. The molecule has 0 unspecified atom stereocenters. The number of likely N-dealkylation sites (tertiary alicyclic amines) is 1. The monoisotopic (exact) mass is 347 g/mol. The molecule has 2 saturated heterocycles. The zero-order chi connectivity index (χ0) is 17.9. The van der Waals surface area contributed by atoms with Gasteiger partial charge in [0.2, 0.25) is 11.9 Å². The van der Waals surface area contributed by atoms with Crippen molar-refractivity contribution in [1.29, 1.82) is 0 Å². The predicted molar refractivity (Wildman–Crippen MR) is 97.7 cm³/mol. The number of carbonyl (C=O) groups excluding carboxylic acids is 1. The number of aryl methyl sites for hydroxylation is 1. The van der Waals surface area contributed by atoms with Gasteiger partial charge in [0, 0.05) is 63.4 Å². The molecule has 1 amide bonds. The number of amides is 1. The lowest BCUT2D eigenvalue weighted by molar-refractivity contribution is -0.138. The van der Waals surface area contributed by atoms with Crippen molar-refractivity contribution in [3.05, 3.63) is 11.8 Å². The highest BCUT2D eigenvalue weighted by atomic mass is 16.3. The van der Waals surface area contributed by atoms with Crippen molar-refractivity contribution in [2.24, 2.45) is 5.41 Å². The SMILES string of the molecule is CNc1cc(C)nc(N2CCC[C@]3(CCC(=O)N(CCCO)C3)C2)n1. The molecule has 2 fully saturated rings. The molecule has 0 radical (unpaired) electrons. The number of anilines is 2. The van der Waals surface area contributed by atoms with E-state index in [0.717, 1.165) is 56.4 Å². The molecule has 3 rings (SSSR count). The average Bonchev–Trinajstić information content (AvgIpc) is 2.62. The van der Waals surface area contributed by atoms with Crippen LogP contribution in [0.3, 0.4) is 0 Å². The van der Waals surface area contributed by atoms with Crippen LogP contribution in [0.4, 0.5) is 11.8 Å². The summed E-state index contributed by atoms with van der Waals surface area (Å²) in [7, 11) is 1.87. The normalized spacial score (nSPS) is 24.0. The first-order valence-electron chi connectivity index (χ1n) is 9.22. The molecule has 0 aromatic carbocycles. The highest BCUT2D eigenvalue weighted by Crippen LogP contribution is 2.39. The molecule has 2 aliphatic rings. The molecule has 7 heteroatoms. The highest BCUT2D eigenvalue weighted by molar-refractivity contribution is 5.77. The van der Waals surface area contributed by atoms with E-state index < -0.39 is 0 Å². The molecule has 138 valence electrons. The summed E-state index contributed by atoms with van der Waals surface area (Å²) in [6.45, 7) is 5.41. The quantitative estimate of drug-likeness (QED) is 0.838. The Morgan fingerprint density at radius 2 is 2.16 bits per heavy atom. The van der Waals surface area contributed by atoms with Gasteiger partial charge in [-0.05, 0) is 32.6 Å². The zero-order valence-electron chi connectivity index (χ0n) is 15.3. The molecule has 1 aromatic rings. The standard InChI is InChI=1S/C18H29N5O2/c1-14-11-15(19-2)21-17(20-14)23-8-3-6-18(13-23)7-5-16(25)22(12-18)9-4-10-24/h11,24H,3-10,12-13H2,1-2H3,(H,19,20,21)/t18-/m1/s1. The fraction of sp³-hybridized carbons (Fsp3) is 0.722. The van der Waals surface area contributed by atoms with Gasteiger partial charge in [0.05, 0.1) is 0 Å². The molecule has 1 atom stereocenters. The zero-order valence-corrected chi connectivity index (χ0v) is 15.3. The van der Waals surface area contributed by atoms with Gasteiger partial charge in [0.1, 0.15) is 5.82 Å². The van der Waals surface area contributed by atoms with Crippen molar-refractivity contribution in [3.63, 3.8) is 0 Å². The van der Waals surface area contributed by atoms with Crippen LogP contribution in [0.25, 0.3) is 0 Å². The maximum Gasteiger partial charge on any atom is 0.227 e. The van der Waals surface area contributed by atoms with Crippen molar-refractivity contribution < 1.29 is 9.90 Å². The van der Waals surface area contributed by atoms with E-state index in [4.69, 9.17) is 5.11 Å². The van der Waals surface area contributed by atoms with E-state index in [2.05, 4.69) is 20.2 Å². The van der Waals surface area contributed by atoms with Crippen LogP contribution in [-0.4, -0.2) is 65.7 Å². The third-order valence-corrected chi connectivity index (χ3v) is 5.38. The lowest BCUT2D eigenvalue weighted by Gasteiger charge is -2.48. The van der Waals surface area contributed by atoms with Gasteiger partial charge in [0.25, 0.3) is 0 Å². The van der Waals surface area contributed by atoms with Gasteiger partial charge in [-0.15, -0.1) is 0 Å². The largest absolute Gasteiger partial charge is 0.396 e. The minimum atomic E-state index is 0.120. The van der Waals surface area contributed by atoms with E-state index in [1.807, 2.05) is 24.9 Å². The van der Waals surface area contributed by atoms with E-state index in [1.165, 1.54) is 0 Å². The summed E-state index contributed by atoms with van der Waals surface area (Å²) in [4.78, 5) is 25.7. The minimum absolute atomic E-state index is 0.120. The second kappa shape index (κ2) is 7.56. The fourth-order valence-electron chi connectivity index (χ4n) is 4.10. The molecule has 3 heterocycles. The number of hydrogen-bond acceptors (Lipinski definition) is 6. The summed E-state index contributed by atoms with van der Waals surface area (Å²) < 4.78 is 0. The third-order valence-electron chi connectivity index (χ3n) is 5.38. The summed E-state index contributed by atoms with van der Waals surface area (Å²) in [5, 5.41) is 12.2. The van der Waals surface area contributed by atoms with E-state index in [9.17, 15) is 4.79 Å². The van der Waals surface area contributed by atoms with Crippen LogP contribution in [0, 0.1) is 12.3 Å². The Kier molecular flexibility index (Phi) is 5.42. The molecule has 0 saturated carbocycles. The van der Waals surface area contributed by atoms with Crippen molar-refractivity contribution in [2.75, 3.05) is 50.1 Å². The van der Waals surface area contributed by atoms with Crippen molar-refractivity contribution in [2.45, 2.75) is 39.0 Å². The first-order valence-corrected chi connectivity index (χ1v) is 9.22. The molecule has 0 aliphatic carbocycles. The highest BCUT2D eigenvalue weighted by Gasteiger charge is 2.42. The summed E-state index contributed by atoms with van der Waals surface area (Å²) in [5.74, 6) is 1.84. The predicted octanol–water partition coefficient (Wildman–Crippen LogP) is 1.42. The first kappa shape index (κ1) is 17.9. The van der Waals surface area contributed by atoms with Crippen LogP contribution in [0.5, 0.6) is 0 Å². The van der Waals surface area contributed by atoms with Gasteiger partial charge in [0.15, 0.2) is 0 Å².